The Morgan fingerprint density at radius 2 is 2.04 bits per heavy atom. The number of hydrogen-bond donors (Lipinski definition) is 0. The lowest BCUT2D eigenvalue weighted by Gasteiger charge is -2.34. The first-order chi connectivity index (χ1) is 13.2. The molecule has 0 saturated carbocycles. The first-order valence-corrected chi connectivity index (χ1v) is 9.63. The Labute approximate surface area is 162 Å². The van der Waals surface area contributed by atoms with E-state index < -0.39 is 0 Å². The zero-order chi connectivity index (χ0) is 18.6. The molecule has 1 amide bonds. The molecule has 0 unspecified atom stereocenters. The monoisotopic (exact) mass is 380 g/mol. The third-order valence-corrected chi connectivity index (χ3v) is 5.44. The molecule has 1 aliphatic heterocycles. The molecule has 1 saturated heterocycles. The summed E-state index contributed by atoms with van der Waals surface area (Å²) in [6.07, 6.45) is 1.66. The van der Waals surface area contributed by atoms with Gasteiger partial charge in [-0.3, -0.25) is 9.69 Å². The third-order valence-electron chi connectivity index (χ3n) is 4.50. The number of ether oxygens (including phenoxy) is 1. The van der Waals surface area contributed by atoms with Crippen LogP contribution in [-0.4, -0.2) is 47.5 Å². The first kappa shape index (κ1) is 17.6. The Morgan fingerprint density at radius 1 is 1.19 bits per heavy atom. The molecule has 0 aliphatic carbocycles. The van der Waals surface area contributed by atoms with Crippen molar-refractivity contribution in [2.75, 3.05) is 31.6 Å². The van der Waals surface area contributed by atoms with Crippen LogP contribution in [0.2, 0.25) is 0 Å². The van der Waals surface area contributed by atoms with E-state index in [1.807, 2.05) is 24.3 Å². The summed E-state index contributed by atoms with van der Waals surface area (Å²) in [5.41, 5.74) is 2.96. The van der Waals surface area contributed by atoms with Crippen LogP contribution in [0, 0.1) is 0 Å². The second-order valence-corrected chi connectivity index (χ2v) is 7.18. The van der Waals surface area contributed by atoms with Crippen molar-refractivity contribution in [3.05, 3.63) is 59.7 Å². The Morgan fingerprint density at radius 3 is 2.81 bits per heavy atom. The summed E-state index contributed by atoms with van der Waals surface area (Å²) in [5.74, 6) is 0.589. The van der Waals surface area contributed by atoms with Gasteiger partial charge in [-0.05, 0) is 6.07 Å². The largest absolute Gasteiger partial charge is 0.481 e. The zero-order valence-electron chi connectivity index (χ0n) is 15.0. The lowest BCUT2D eigenvalue weighted by Crippen LogP contribution is -2.50. The minimum absolute atomic E-state index is 0.0769. The lowest BCUT2D eigenvalue weighted by atomic mass is 10.2. The Bertz CT molecular complexity index is 928. The molecule has 138 valence electrons. The maximum absolute atomic E-state index is 12.6. The Balaban J connectivity index is 1.40. The van der Waals surface area contributed by atoms with Crippen LogP contribution in [0.4, 0.5) is 5.69 Å². The molecular weight excluding hydrogens is 360 g/mol. The third kappa shape index (κ3) is 3.99. The van der Waals surface area contributed by atoms with Gasteiger partial charge in [0.15, 0.2) is 0 Å². The van der Waals surface area contributed by atoms with E-state index in [4.69, 9.17) is 9.72 Å². The van der Waals surface area contributed by atoms with Crippen molar-refractivity contribution in [1.29, 1.82) is 0 Å². The standard InChI is InChI=1S/C20H20N4O2S/c1-26-18-11-17(7-8-21-18)24-10-9-23(13-19(24)25)12-16-14-27-20(22-16)15-5-3-2-4-6-15/h2-8,11,14H,9-10,12-13H2,1H3. The number of aromatic nitrogens is 2. The maximum atomic E-state index is 12.6. The van der Waals surface area contributed by atoms with Gasteiger partial charge in [0.1, 0.15) is 5.01 Å². The number of rotatable bonds is 5. The number of benzene rings is 1. The minimum Gasteiger partial charge on any atom is -0.481 e. The molecule has 27 heavy (non-hydrogen) atoms. The summed E-state index contributed by atoms with van der Waals surface area (Å²) < 4.78 is 5.15. The van der Waals surface area contributed by atoms with Crippen LogP contribution >= 0.6 is 11.3 Å². The normalized spacial score (nSPS) is 15.1. The quantitative estimate of drug-likeness (QED) is 0.681. The molecule has 1 aliphatic rings. The lowest BCUT2D eigenvalue weighted by molar-refractivity contribution is -0.121. The molecule has 0 radical (unpaired) electrons. The van der Waals surface area contributed by atoms with Crippen molar-refractivity contribution in [1.82, 2.24) is 14.9 Å². The number of carbonyl (C=O) groups excluding carboxylic acids is 1. The number of carbonyl (C=O) groups is 1. The first-order valence-electron chi connectivity index (χ1n) is 8.75. The van der Waals surface area contributed by atoms with Gasteiger partial charge in [0.05, 0.1) is 25.0 Å². The van der Waals surface area contributed by atoms with Crippen molar-refractivity contribution < 1.29 is 9.53 Å². The van der Waals surface area contributed by atoms with Crippen molar-refractivity contribution in [3.63, 3.8) is 0 Å². The maximum Gasteiger partial charge on any atom is 0.241 e. The molecule has 1 aromatic carbocycles. The highest BCUT2D eigenvalue weighted by Crippen LogP contribution is 2.25. The SMILES string of the molecule is COc1cc(N2CCN(Cc3csc(-c4ccccc4)n3)CC2=O)ccn1. The van der Waals surface area contributed by atoms with Gasteiger partial charge in [0.25, 0.3) is 0 Å². The topological polar surface area (TPSA) is 58.6 Å². The minimum atomic E-state index is 0.0769. The molecular formula is C20H20N4O2S. The van der Waals surface area contributed by atoms with Crippen LogP contribution in [0.1, 0.15) is 5.69 Å². The second-order valence-electron chi connectivity index (χ2n) is 6.32. The highest BCUT2D eigenvalue weighted by Gasteiger charge is 2.26. The van der Waals surface area contributed by atoms with Crippen LogP contribution in [0.15, 0.2) is 54.0 Å². The van der Waals surface area contributed by atoms with Gasteiger partial charge in [-0.2, -0.15) is 0 Å². The van der Waals surface area contributed by atoms with Crippen molar-refractivity contribution >= 4 is 22.9 Å². The van der Waals surface area contributed by atoms with E-state index in [1.165, 1.54) is 0 Å². The van der Waals surface area contributed by atoms with Crippen molar-refractivity contribution in [2.45, 2.75) is 6.54 Å². The van der Waals surface area contributed by atoms with Crippen molar-refractivity contribution in [3.8, 4) is 16.5 Å². The number of pyridine rings is 1. The van der Waals surface area contributed by atoms with E-state index >= 15 is 0 Å². The molecule has 3 heterocycles. The molecule has 6 nitrogen and oxygen atoms in total. The Hall–Kier alpha value is -2.77. The Kier molecular flexibility index (Phi) is 5.13. The summed E-state index contributed by atoms with van der Waals surface area (Å²) in [6.45, 7) is 2.50. The van der Waals surface area contributed by atoms with Gasteiger partial charge in [-0.25, -0.2) is 9.97 Å². The van der Waals surface area contributed by atoms with Crippen LogP contribution < -0.4 is 9.64 Å². The predicted octanol–water partition coefficient (Wildman–Crippen LogP) is 3.06. The van der Waals surface area contributed by atoms with Crippen LogP contribution in [0.3, 0.4) is 0 Å². The number of amides is 1. The smallest absolute Gasteiger partial charge is 0.241 e. The average molecular weight is 380 g/mol. The molecule has 0 bridgehead atoms. The summed E-state index contributed by atoms with van der Waals surface area (Å²) in [5, 5.41) is 3.09. The predicted molar refractivity (Wildman–Crippen MR) is 106 cm³/mol. The number of hydrogen-bond acceptors (Lipinski definition) is 6. The summed E-state index contributed by atoms with van der Waals surface area (Å²) in [7, 11) is 1.57. The van der Waals surface area contributed by atoms with Crippen LogP contribution in [0.5, 0.6) is 5.88 Å². The molecule has 0 N–H and O–H groups in total. The fraction of sp³-hybridized carbons (Fsp3) is 0.250. The molecule has 1 fully saturated rings. The van der Waals surface area contributed by atoms with Crippen LogP contribution in [0.25, 0.3) is 10.6 Å². The van der Waals surface area contributed by atoms with Gasteiger partial charge >= 0.3 is 0 Å². The summed E-state index contributed by atoms with van der Waals surface area (Å²) in [4.78, 5) is 25.4. The van der Waals surface area contributed by atoms with Crippen LogP contribution in [-0.2, 0) is 11.3 Å². The van der Waals surface area contributed by atoms with Crippen molar-refractivity contribution in [2.24, 2.45) is 0 Å². The molecule has 0 spiro atoms. The molecule has 4 rings (SSSR count). The molecule has 2 aromatic heterocycles. The molecule has 7 heteroatoms. The molecule has 0 atom stereocenters. The average Bonchev–Trinajstić information content (AvgIpc) is 3.17. The number of methoxy groups -OCH3 is 1. The van der Waals surface area contributed by atoms with Gasteiger partial charge in [0, 0.05) is 42.8 Å². The van der Waals surface area contributed by atoms with E-state index in [0.717, 1.165) is 28.5 Å². The van der Waals surface area contributed by atoms with Gasteiger partial charge in [-0.1, -0.05) is 30.3 Å². The highest BCUT2D eigenvalue weighted by molar-refractivity contribution is 7.13. The zero-order valence-corrected chi connectivity index (χ0v) is 15.9. The van der Waals surface area contributed by atoms with Gasteiger partial charge < -0.3 is 9.64 Å². The van der Waals surface area contributed by atoms with E-state index in [2.05, 4.69) is 27.4 Å². The van der Waals surface area contributed by atoms with Gasteiger partial charge in [-0.15, -0.1) is 11.3 Å². The van der Waals surface area contributed by atoms with E-state index in [0.29, 0.717) is 25.5 Å². The van der Waals surface area contributed by atoms with E-state index in [1.54, 1.807) is 35.6 Å². The molecule has 3 aromatic rings. The number of nitrogens with zero attached hydrogens (tertiary/aromatic N) is 4. The fourth-order valence-corrected chi connectivity index (χ4v) is 3.95. The van der Waals surface area contributed by atoms with E-state index in [-0.39, 0.29) is 5.91 Å². The number of piperazine rings is 1. The highest BCUT2D eigenvalue weighted by atomic mass is 32.1. The summed E-state index contributed by atoms with van der Waals surface area (Å²) in [6, 6.07) is 13.8. The van der Waals surface area contributed by atoms with Gasteiger partial charge in [0.2, 0.25) is 11.8 Å². The summed E-state index contributed by atoms with van der Waals surface area (Å²) >= 11 is 1.64. The number of thiazole rings is 1. The number of anilines is 1. The van der Waals surface area contributed by atoms with E-state index in [9.17, 15) is 4.79 Å². The fourth-order valence-electron chi connectivity index (χ4n) is 3.13. The second kappa shape index (κ2) is 7.85.